The Hall–Kier alpha value is -2.65. The smallest absolute Gasteiger partial charge is 0.346 e. The fraction of sp³-hybridized carbons (Fsp3) is 0.609. The van der Waals surface area contributed by atoms with Crippen LogP contribution >= 0.6 is 0 Å². The van der Waals surface area contributed by atoms with E-state index < -0.39 is 6.10 Å². The molecule has 1 saturated heterocycles. The molecule has 1 fully saturated rings. The summed E-state index contributed by atoms with van der Waals surface area (Å²) in [6, 6.07) is 7.99. The van der Waals surface area contributed by atoms with Gasteiger partial charge < -0.3 is 19.3 Å². The Balaban J connectivity index is 1.57. The van der Waals surface area contributed by atoms with E-state index >= 15 is 0 Å². The second-order valence-corrected chi connectivity index (χ2v) is 8.54. The van der Waals surface area contributed by atoms with Gasteiger partial charge in [-0.15, -0.1) is 0 Å². The summed E-state index contributed by atoms with van der Waals surface area (Å²) in [6.45, 7) is 5.66. The summed E-state index contributed by atoms with van der Waals surface area (Å²) in [5.74, 6) is 1.35. The maximum Gasteiger partial charge on any atom is 0.346 e. The number of carbonyl (C=O) groups excluding carboxylic acids is 1. The molecular weight excluding hydrogens is 410 g/mol. The van der Waals surface area contributed by atoms with Gasteiger partial charge in [0.25, 0.3) is 0 Å². The number of hydrogen-bond acceptors (Lipinski definition) is 6. The maximum absolute atomic E-state index is 13.6. The second-order valence-electron chi connectivity index (χ2n) is 8.54. The molecule has 2 aromatic rings. The maximum atomic E-state index is 13.6. The van der Waals surface area contributed by atoms with Gasteiger partial charge in [0.2, 0.25) is 5.91 Å². The van der Waals surface area contributed by atoms with Crippen molar-refractivity contribution >= 4 is 5.91 Å². The molecule has 0 spiro atoms. The zero-order valence-electron chi connectivity index (χ0n) is 19.2. The summed E-state index contributed by atoms with van der Waals surface area (Å²) < 4.78 is 14.5. The number of piperidine rings is 1. The summed E-state index contributed by atoms with van der Waals surface area (Å²) in [6.07, 6.45) is 1.51. The highest BCUT2D eigenvalue weighted by molar-refractivity contribution is 5.77. The van der Waals surface area contributed by atoms with E-state index in [4.69, 9.17) is 9.47 Å². The van der Waals surface area contributed by atoms with Crippen LogP contribution in [0.3, 0.4) is 0 Å². The molecule has 3 heterocycles. The van der Waals surface area contributed by atoms with Crippen LogP contribution in [-0.2, 0) is 29.2 Å². The molecule has 32 heavy (non-hydrogen) atoms. The summed E-state index contributed by atoms with van der Waals surface area (Å²) in [7, 11) is 3.77. The molecule has 1 unspecified atom stereocenters. The van der Waals surface area contributed by atoms with E-state index in [0.717, 1.165) is 37.2 Å². The number of para-hydroxylation sites is 1. The van der Waals surface area contributed by atoms with Crippen molar-refractivity contribution in [1.82, 2.24) is 24.1 Å². The van der Waals surface area contributed by atoms with Gasteiger partial charge in [-0.2, -0.15) is 5.10 Å². The zero-order valence-corrected chi connectivity index (χ0v) is 19.2. The van der Waals surface area contributed by atoms with Gasteiger partial charge in [-0.1, -0.05) is 18.2 Å². The van der Waals surface area contributed by atoms with Gasteiger partial charge in [0, 0.05) is 24.7 Å². The lowest BCUT2D eigenvalue weighted by atomic mass is 10.0. The molecule has 4 rings (SSSR count). The van der Waals surface area contributed by atoms with Gasteiger partial charge in [-0.25, -0.2) is 9.48 Å². The molecule has 9 nitrogen and oxygen atoms in total. The first-order valence-corrected chi connectivity index (χ1v) is 11.4. The van der Waals surface area contributed by atoms with Crippen LogP contribution in [-0.4, -0.2) is 70.0 Å². The fourth-order valence-corrected chi connectivity index (χ4v) is 4.64. The van der Waals surface area contributed by atoms with Crippen LogP contribution in [0.1, 0.15) is 43.7 Å². The lowest BCUT2D eigenvalue weighted by molar-refractivity contribution is -0.139. The third-order valence-corrected chi connectivity index (χ3v) is 6.52. The summed E-state index contributed by atoms with van der Waals surface area (Å²) in [5.41, 5.74) is 0.850. The van der Waals surface area contributed by atoms with Crippen molar-refractivity contribution in [2.24, 2.45) is 0 Å². The molecule has 174 valence electrons. The Labute approximate surface area is 188 Å². The highest BCUT2D eigenvalue weighted by atomic mass is 16.5. The Morgan fingerprint density at radius 3 is 2.72 bits per heavy atom. The third-order valence-electron chi connectivity index (χ3n) is 6.52. The Bertz CT molecular complexity index is 993. The molecule has 1 aromatic heterocycles. The van der Waals surface area contributed by atoms with Gasteiger partial charge in [0.05, 0.1) is 26.7 Å². The van der Waals surface area contributed by atoms with Crippen LogP contribution in [0.25, 0.3) is 0 Å². The number of fused-ring (bicyclic) bond motifs is 1. The zero-order chi connectivity index (χ0) is 22.7. The number of rotatable bonds is 7. The topological polar surface area (TPSA) is 81.8 Å². The summed E-state index contributed by atoms with van der Waals surface area (Å²) in [5, 5.41) is 4.44. The summed E-state index contributed by atoms with van der Waals surface area (Å²) in [4.78, 5) is 30.4. The van der Waals surface area contributed by atoms with Crippen molar-refractivity contribution in [2.45, 2.75) is 58.0 Å². The predicted octanol–water partition coefficient (Wildman–Crippen LogP) is 1.66. The molecule has 2 aliphatic rings. The van der Waals surface area contributed by atoms with Crippen LogP contribution in [0.15, 0.2) is 29.1 Å². The quantitative estimate of drug-likeness (QED) is 0.647. The molecule has 1 atom stereocenters. The number of carbonyl (C=O) groups is 1. The first-order chi connectivity index (χ1) is 15.5. The monoisotopic (exact) mass is 443 g/mol. The lowest BCUT2D eigenvalue weighted by Gasteiger charge is -2.38. The SMILES string of the molecule is CCn1nc2n(c1=O)CCOC2CC(=O)N(Cc1ccccc1OC)C1CCN(C)CC1. The number of likely N-dealkylation sites (tertiary alicyclic amines) is 1. The minimum Gasteiger partial charge on any atom is -0.496 e. The number of methoxy groups -OCH3 is 1. The van der Waals surface area contributed by atoms with E-state index in [1.807, 2.05) is 36.1 Å². The fourth-order valence-electron chi connectivity index (χ4n) is 4.64. The van der Waals surface area contributed by atoms with Gasteiger partial charge in [0.15, 0.2) is 5.82 Å². The van der Waals surface area contributed by atoms with Crippen molar-refractivity contribution in [3.05, 3.63) is 46.1 Å². The molecule has 0 aliphatic carbocycles. The number of nitrogens with zero attached hydrogens (tertiary/aromatic N) is 5. The molecule has 2 aliphatic heterocycles. The van der Waals surface area contributed by atoms with E-state index in [0.29, 0.717) is 32.1 Å². The third kappa shape index (κ3) is 4.59. The van der Waals surface area contributed by atoms with Gasteiger partial charge in [-0.3, -0.25) is 9.36 Å². The Morgan fingerprint density at radius 2 is 2.00 bits per heavy atom. The molecule has 0 radical (unpaired) electrons. The highest BCUT2D eigenvalue weighted by Crippen LogP contribution is 2.28. The lowest BCUT2D eigenvalue weighted by Crippen LogP contribution is -2.46. The minimum absolute atomic E-state index is 0.0161. The molecule has 9 heteroatoms. The van der Waals surface area contributed by atoms with Crippen molar-refractivity contribution < 1.29 is 14.3 Å². The first-order valence-electron chi connectivity index (χ1n) is 11.4. The average Bonchev–Trinajstić information content (AvgIpc) is 3.15. The first kappa shape index (κ1) is 22.5. The highest BCUT2D eigenvalue weighted by Gasteiger charge is 2.33. The van der Waals surface area contributed by atoms with E-state index in [9.17, 15) is 9.59 Å². The van der Waals surface area contributed by atoms with Crippen molar-refractivity contribution in [1.29, 1.82) is 0 Å². The largest absolute Gasteiger partial charge is 0.496 e. The number of aryl methyl sites for hydroxylation is 1. The summed E-state index contributed by atoms with van der Waals surface area (Å²) >= 11 is 0. The molecule has 0 saturated carbocycles. The number of benzene rings is 1. The van der Waals surface area contributed by atoms with E-state index in [-0.39, 0.29) is 24.1 Å². The molecule has 1 amide bonds. The van der Waals surface area contributed by atoms with Crippen LogP contribution in [0.4, 0.5) is 0 Å². The van der Waals surface area contributed by atoms with Gasteiger partial charge >= 0.3 is 5.69 Å². The predicted molar refractivity (Wildman–Crippen MR) is 120 cm³/mol. The van der Waals surface area contributed by atoms with Crippen LogP contribution < -0.4 is 10.4 Å². The Morgan fingerprint density at radius 1 is 1.25 bits per heavy atom. The van der Waals surface area contributed by atoms with E-state index in [1.54, 1.807) is 11.7 Å². The van der Waals surface area contributed by atoms with Crippen LogP contribution in [0.5, 0.6) is 5.75 Å². The van der Waals surface area contributed by atoms with E-state index in [2.05, 4.69) is 17.0 Å². The van der Waals surface area contributed by atoms with Crippen molar-refractivity contribution in [3.8, 4) is 5.75 Å². The van der Waals surface area contributed by atoms with E-state index in [1.165, 1.54) is 4.68 Å². The number of aromatic nitrogens is 3. The molecular formula is C23H33N5O4. The molecule has 0 N–H and O–H groups in total. The van der Waals surface area contributed by atoms with Crippen LogP contribution in [0.2, 0.25) is 0 Å². The standard InChI is InChI=1S/C23H33N5O4/c1-4-28-23(30)26-13-14-32-20(22(26)24-28)15-21(29)27(18-9-11-25(2)12-10-18)16-17-7-5-6-8-19(17)31-3/h5-8,18,20H,4,9-16H2,1-3H3. The average molecular weight is 444 g/mol. The minimum atomic E-state index is -0.511. The molecule has 0 bridgehead atoms. The number of ether oxygens (including phenoxy) is 2. The molecule has 1 aromatic carbocycles. The van der Waals surface area contributed by atoms with Crippen molar-refractivity contribution in [3.63, 3.8) is 0 Å². The second kappa shape index (κ2) is 9.87. The van der Waals surface area contributed by atoms with Gasteiger partial charge in [-0.05, 0) is 46.0 Å². The Kier molecular flexibility index (Phi) is 6.95. The normalized spacial score (nSPS) is 19.5. The van der Waals surface area contributed by atoms with Gasteiger partial charge in [0.1, 0.15) is 11.9 Å². The van der Waals surface area contributed by atoms with Crippen LogP contribution in [0, 0.1) is 0 Å². The number of hydrogen-bond donors (Lipinski definition) is 0. The van der Waals surface area contributed by atoms with Crippen molar-refractivity contribution in [2.75, 3.05) is 33.9 Å². The number of amides is 1.